The highest BCUT2D eigenvalue weighted by molar-refractivity contribution is 6.02. The molecule has 0 bridgehead atoms. The molecule has 0 radical (unpaired) electrons. The van der Waals surface area contributed by atoms with Crippen LogP contribution in [0, 0.1) is 0 Å². The maximum Gasteiger partial charge on any atom is 0.324 e. The number of rotatable bonds is 1. The number of hydrogen-bond acceptors (Lipinski definition) is 2. The minimum Gasteiger partial charge on any atom is -0.329 e. The second-order valence-corrected chi connectivity index (χ2v) is 3.36. The van der Waals surface area contributed by atoms with Crippen LogP contribution in [0.15, 0.2) is 12.2 Å². The second-order valence-electron chi connectivity index (χ2n) is 3.36. The van der Waals surface area contributed by atoms with E-state index in [9.17, 15) is 9.59 Å². The summed E-state index contributed by atoms with van der Waals surface area (Å²) in [5, 5.41) is 2.53. The number of urea groups is 1. The zero-order valence-corrected chi connectivity index (χ0v) is 7.32. The minimum atomic E-state index is -0.231. The minimum absolute atomic E-state index is 0.0833. The summed E-state index contributed by atoms with van der Waals surface area (Å²) in [6, 6.07) is -0.148. The molecule has 1 N–H and O–H groups in total. The Morgan fingerprint density at radius 3 is 2.77 bits per heavy atom. The van der Waals surface area contributed by atoms with E-state index in [0.29, 0.717) is 0 Å². The summed E-state index contributed by atoms with van der Waals surface area (Å²) in [5.74, 6) is -0.0923. The molecule has 1 unspecified atom stereocenters. The molecule has 1 heterocycles. The zero-order valence-electron chi connectivity index (χ0n) is 7.32. The third-order valence-electron chi connectivity index (χ3n) is 2.48. The molecule has 4 heteroatoms. The first-order valence-corrected chi connectivity index (χ1v) is 4.54. The van der Waals surface area contributed by atoms with Crippen molar-refractivity contribution >= 4 is 11.9 Å². The SMILES string of the molecule is O=C1CNC(=O)N1C1CC=CCC1. The third kappa shape index (κ3) is 1.43. The van der Waals surface area contributed by atoms with Gasteiger partial charge in [-0.3, -0.25) is 9.69 Å². The van der Waals surface area contributed by atoms with Crippen molar-refractivity contribution in [2.24, 2.45) is 0 Å². The van der Waals surface area contributed by atoms with Crippen LogP contribution in [-0.4, -0.2) is 29.4 Å². The quantitative estimate of drug-likeness (QED) is 0.475. The van der Waals surface area contributed by atoms with E-state index in [1.807, 2.05) is 6.08 Å². The first-order chi connectivity index (χ1) is 6.29. The summed E-state index contributed by atoms with van der Waals surface area (Å²) in [6.45, 7) is 0.166. The van der Waals surface area contributed by atoms with Crippen LogP contribution in [0.5, 0.6) is 0 Å². The van der Waals surface area contributed by atoms with Gasteiger partial charge in [0.15, 0.2) is 0 Å². The van der Waals surface area contributed by atoms with Gasteiger partial charge in [-0.1, -0.05) is 12.2 Å². The number of carbonyl (C=O) groups is 2. The summed E-state index contributed by atoms with van der Waals surface area (Å²) < 4.78 is 0. The van der Waals surface area contributed by atoms with E-state index in [2.05, 4.69) is 11.4 Å². The summed E-state index contributed by atoms with van der Waals surface area (Å²) >= 11 is 0. The van der Waals surface area contributed by atoms with Gasteiger partial charge in [0.1, 0.15) is 0 Å². The molecule has 1 saturated heterocycles. The molecule has 4 nitrogen and oxygen atoms in total. The molecule has 3 amide bonds. The van der Waals surface area contributed by atoms with E-state index in [1.165, 1.54) is 4.90 Å². The number of carbonyl (C=O) groups excluding carboxylic acids is 2. The fourth-order valence-electron chi connectivity index (χ4n) is 1.82. The van der Waals surface area contributed by atoms with E-state index in [4.69, 9.17) is 0 Å². The lowest BCUT2D eigenvalue weighted by Gasteiger charge is -2.25. The third-order valence-corrected chi connectivity index (χ3v) is 2.48. The molecule has 0 spiro atoms. The van der Waals surface area contributed by atoms with Crippen molar-refractivity contribution in [3.63, 3.8) is 0 Å². The lowest BCUT2D eigenvalue weighted by Crippen LogP contribution is -2.40. The van der Waals surface area contributed by atoms with Crippen molar-refractivity contribution in [1.29, 1.82) is 0 Å². The van der Waals surface area contributed by atoms with Crippen LogP contribution < -0.4 is 5.32 Å². The van der Waals surface area contributed by atoms with Gasteiger partial charge in [-0.15, -0.1) is 0 Å². The Kier molecular flexibility index (Phi) is 2.04. The van der Waals surface area contributed by atoms with E-state index in [1.54, 1.807) is 0 Å². The number of imide groups is 1. The van der Waals surface area contributed by atoms with E-state index < -0.39 is 0 Å². The Morgan fingerprint density at radius 2 is 2.23 bits per heavy atom. The van der Waals surface area contributed by atoms with Gasteiger partial charge < -0.3 is 5.32 Å². The molecule has 70 valence electrons. The number of amides is 3. The molecule has 1 fully saturated rings. The van der Waals surface area contributed by atoms with Crippen LogP contribution in [-0.2, 0) is 4.79 Å². The van der Waals surface area contributed by atoms with Crippen molar-refractivity contribution in [2.45, 2.75) is 25.3 Å². The Bertz CT molecular complexity index is 257. The Morgan fingerprint density at radius 1 is 1.38 bits per heavy atom. The second kappa shape index (κ2) is 3.20. The van der Waals surface area contributed by atoms with E-state index in [0.717, 1.165) is 19.3 Å². The normalized spacial score (nSPS) is 28.0. The lowest BCUT2D eigenvalue weighted by molar-refractivity contribution is -0.126. The zero-order chi connectivity index (χ0) is 9.26. The van der Waals surface area contributed by atoms with Gasteiger partial charge in [0.05, 0.1) is 6.54 Å². The summed E-state index contributed by atoms with van der Waals surface area (Å²) in [6.07, 6.45) is 6.79. The molecule has 1 atom stereocenters. The van der Waals surface area contributed by atoms with Crippen molar-refractivity contribution < 1.29 is 9.59 Å². The molecule has 1 aliphatic heterocycles. The van der Waals surface area contributed by atoms with Crippen molar-refractivity contribution in [2.75, 3.05) is 6.54 Å². The van der Waals surface area contributed by atoms with Crippen molar-refractivity contribution in [3.8, 4) is 0 Å². The maximum atomic E-state index is 11.3. The van der Waals surface area contributed by atoms with Gasteiger partial charge in [-0.05, 0) is 19.3 Å². The summed E-state index contributed by atoms with van der Waals surface area (Å²) in [4.78, 5) is 23.9. The smallest absolute Gasteiger partial charge is 0.324 e. The highest BCUT2D eigenvalue weighted by Crippen LogP contribution is 2.19. The Labute approximate surface area is 76.6 Å². The van der Waals surface area contributed by atoms with Crippen LogP contribution in [0.2, 0.25) is 0 Å². The molecule has 1 aliphatic carbocycles. The van der Waals surface area contributed by atoms with Crippen molar-refractivity contribution in [1.82, 2.24) is 10.2 Å². The van der Waals surface area contributed by atoms with Crippen LogP contribution in [0.4, 0.5) is 4.79 Å². The van der Waals surface area contributed by atoms with Crippen molar-refractivity contribution in [3.05, 3.63) is 12.2 Å². The molecular weight excluding hydrogens is 168 g/mol. The number of nitrogens with zero attached hydrogens (tertiary/aromatic N) is 1. The predicted octanol–water partition coefficient (Wildman–Crippen LogP) is 0.647. The average Bonchev–Trinajstić information content (AvgIpc) is 2.48. The molecule has 0 saturated carbocycles. The summed E-state index contributed by atoms with van der Waals surface area (Å²) in [7, 11) is 0. The van der Waals surface area contributed by atoms with Gasteiger partial charge >= 0.3 is 6.03 Å². The molecule has 0 aromatic heterocycles. The number of allylic oxidation sites excluding steroid dienone is 1. The van der Waals surface area contributed by atoms with Crippen LogP contribution in [0.3, 0.4) is 0 Å². The van der Waals surface area contributed by atoms with Gasteiger partial charge in [-0.25, -0.2) is 4.79 Å². The first kappa shape index (κ1) is 8.29. The lowest BCUT2D eigenvalue weighted by atomic mass is 10.0. The largest absolute Gasteiger partial charge is 0.329 e. The van der Waals surface area contributed by atoms with Crippen LogP contribution in [0.1, 0.15) is 19.3 Å². The standard InChI is InChI=1S/C9H12N2O2/c12-8-6-10-9(13)11(8)7-4-2-1-3-5-7/h1-2,7H,3-6H2,(H,10,13). The number of hydrogen-bond donors (Lipinski definition) is 1. The molecule has 13 heavy (non-hydrogen) atoms. The highest BCUT2D eigenvalue weighted by Gasteiger charge is 2.34. The predicted molar refractivity (Wildman–Crippen MR) is 47.0 cm³/mol. The molecule has 2 rings (SSSR count). The molecule has 0 aromatic carbocycles. The molecule has 2 aliphatic rings. The van der Waals surface area contributed by atoms with E-state index >= 15 is 0 Å². The number of nitrogens with one attached hydrogen (secondary N) is 1. The maximum absolute atomic E-state index is 11.3. The molecular formula is C9H12N2O2. The monoisotopic (exact) mass is 180 g/mol. The Balaban J connectivity index is 2.10. The van der Waals surface area contributed by atoms with Gasteiger partial charge in [0.25, 0.3) is 0 Å². The van der Waals surface area contributed by atoms with Gasteiger partial charge in [0.2, 0.25) is 5.91 Å². The summed E-state index contributed by atoms with van der Waals surface area (Å²) in [5.41, 5.74) is 0. The fourth-order valence-corrected chi connectivity index (χ4v) is 1.82. The fraction of sp³-hybridized carbons (Fsp3) is 0.556. The highest BCUT2D eigenvalue weighted by atomic mass is 16.2. The topological polar surface area (TPSA) is 49.4 Å². The Hall–Kier alpha value is -1.32. The van der Waals surface area contributed by atoms with Crippen LogP contribution >= 0.6 is 0 Å². The van der Waals surface area contributed by atoms with Gasteiger partial charge in [0, 0.05) is 6.04 Å². The van der Waals surface area contributed by atoms with Gasteiger partial charge in [-0.2, -0.15) is 0 Å². The first-order valence-electron chi connectivity index (χ1n) is 4.54. The molecule has 0 aromatic rings. The van der Waals surface area contributed by atoms with E-state index in [-0.39, 0.29) is 24.5 Å². The van der Waals surface area contributed by atoms with Crippen LogP contribution in [0.25, 0.3) is 0 Å². The average molecular weight is 180 g/mol.